The zero-order valence-electron chi connectivity index (χ0n) is 20.6. The van der Waals surface area contributed by atoms with E-state index in [2.05, 4.69) is 11.3 Å². The minimum Gasteiger partial charge on any atom is -0.373 e. The summed E-state index contributed by atoms with van der Waals surface area (Å²) in [6, 6.07) is 2.53. The fourth-order valence-corrected chi connectivity index (χ4v) is 6.84. The molecule has 0 radical (unpaired) electrons. The summed E-state index contributed by atoms with van der Waals surface area (Å²) in [5, 5.41) is 4.53. The minimum atomic E-state index is -4.16. The van der Waals surface area contributed by atoms with Crippen LogP contribution in [0.25, 0.3) is 11.0 Å². The van der Waals surface area contributed by atoms with Crippen molar-refractivity contribution in [2.24, 2.45) is 11.8 Å². The number of hydrogen-bond acceptors (Lipinski definition) is 5. The number of fused-ring (bicyclic) bond motifs is 2. The van der Waals surface area contributed by atoms with Crippen LogP contribution in [0.15, 0.2) is 18.5 Å². The molecule has 0 aromatic carbocycles. The molecule has 2 bridgehead atoms. The van der Waals surface area contributed by atoms with E-state index in [1.54, 1.807) is 0 Å². The van der Waals surface area contributed by atoms with E-state index in [0.29, 0.717) is 31.0 Å². The molecule has 3 atom stereocenters. The third-order valence-electron chi connectivity index (χ3n) is 9.11. The Morgan fingerprint density at radius 3 is 2.53 bits per heavy atom. The fourth-order valence-electron chi connectivity index (χ4n) is 6.84. The quantitative estimate of drug-likeness (QED) is 0.440. The first-order valence-corrected chi connectivity index (χ1v) is 13.1. The van der Waals surface area contributed by atoms with Gasteiger partial charge in [0.15, 0.2) is 0 Å². The summed E-state index contributed by atoms with van der Waals surface area (Å²) in [7, 11) is 0. The molecule has 1 saturated heterocycles. The van der Waals surface area contributed by atoms with Crippen molar-refractivity contribution in [1.29, 1.82) is 0 Å². The highest BCUT2D eigenvalue weighted by Gasteiger charge is 2.65. The largest absolute Gasteiger partial charge is 0.392 e. The zero-order chi connectivity index (χ0) is 24.8. The molecule has 8 rings (SSSR count). The number of hydrogen-bond donors (Lipinski definition) is 0. The van der Waals surface area contributed by atoms with Crippen molar-refractivity contribution in [3.63, 3.8) is 0 Å². The minimum absolute atomic E-state index is 0.0598. The lowest BCUT2D eigenvalue weighted by Crippen LogP contribution is -2.35. The Balaban J connectivity index is 1.26. The van der Waals surface area contributed by atoms with E-state index in [1.807, 2.05) is 30.8 Å². The molecule has 4 aliphatic carbocycles. The first kappa shape index (κ1) is 22.6. The Morgan fingerprint density at radius 2 is 1.81 bits per heavy atom. The lowest BCUT2D eigenvalue weighted by molar-refractivity contribution is -0.180. The topological polar surface area (TPSA) is 65.7 Å². The summed E-state index contributed by atoms with van der Waals surface area (Å²) in [4.78, 5) is 14.8. The highest BCUT2D eigenvalue weighted by molar-refractivity contribution is 5.79. The molecule has 1 aliphatic heterocycles. The Labute approximate surface area is 207 Å². The molecule has 5 fully saturated rings. The standard InChI is InChI=1S/C27H30F3N5O/c1-14-15(2)33-24-22(32-14)8-21(34-25(24)26-9-17(10-26)20(11-26)27(28,29)30)16-5-6-36-23(7-16)18-12-31-35(13-18)19-3-4-19/h8,12-13,16-17,19-20,23H,3-7,9-11H2,1-2H3/t16-,17?,20?,23+,26?/m0/s1. The molecule has 5 aliphatic rings. The highest BCUT2D eigenvalue weighted by Crippen LogP contribution is 2.66. The number of pyridine rings is 1. The molecule has 4 heterocycles. The van der Waals surface area contributed by atoms with Crippen LogP contribution in [0, 0.1) is 25.7 Å². The Kier molecular flexibility index (Phi) is 4.86. The molecule has 9 heteroatoms. The van der Waals surface area contributed by atoms with Crippen molar-refractivity contribution in [3.05, 3.63) is 46.8 Å². The molecule has 6 nitrogen and oxygen atoms in total. The highest BCUT2D eigenvalue weighted by atomic mass is 19.4. The van der Waals surface area contributed by atoms with Gasteiger partial charge in [0.2, 0.25) is 0 Å². The molecular weight excluding hydrogens is 467 g/mol. The third-order valence-corrected chi connectivity index (χ3v) is 9.11. The Hall–Kier alpha value is -2.55. The van der Waals surface area contributed by atoms with Gasteiger partial charge in [0, 0.05) is 35.4 Å². The summed E-state index contributed by atoms with van der Waals surface area (Å²) < 4.78 is 49.3. The Morgan fingerprint density at radius 1 is 1.03 bits per heavy atom. The van der Waals surface area contributed by atoms with Crippen LogP contribution in [0.4, 0.5) is 13.2 Å². The summed E-state index contributed by atoms with van der Waals surface area (Å²) >= 11 is 0. The van der Waals surface area contributed by atoms with Crippen LogP contribution in [0.2, 0.25) is 0 Å². The predicted octanol–water partition coefficient (Wildman–Crippen LogP) is 6.04. The van der Waals surface area contributed by atoms with Gasteiger partial charge >= 0.3 is 6.18 Å². The van der Waals surface area contributed by atoms with Crippen LogP contribution in [0.3, 0.4) is 0 Å². The van der Waals surface area contributed by atoms with Crippen molar-refractivity contribution >= 4 is 11.0 Å². The average Bonchev–Trinajstić information content (AvgIpc) is 3.26. The smallest absolute Gasteiger partial charge is 0.373 e. The van der Waals surface area contributed by atoms with E-state index in [9.17, 15) is 13.2 Å². The van der Waals surface area contributed by atoms with Gasteiger partial charge < -0.3 is 4.74 Å². The fraction of sp³-hybridized carbons (Fsp3) is 0.630. The maximum atomic E-state index is 13.7. The van der Waals surface area contributed by atoms with Crippen LogP contribution in [0.1, 0.15) is 91.3 Å². The number of ether oxygens (including phenoxy) is 1. The van der Waals surface area contributed by atoms with E-state index < -0.39 is 17.5 Å². The lowest BCUT2D eigenvalue weighted by Gasteiger charge is -2.39. The van der Waals surface area contributed by atoms with Crippen LogP contribution < -0.4 is 0 Å². The molecule has 3 aromatic heterocycles. The van der Waals surface area contributed by atoms with E-state index in [1.165, 1.54) is 12.8 Å². The van der Waals surface area contributed by atoms with Crippen molar-refractivity contribution in [2.45, 2.75) is 88.4 Å². The van der Waals surface area contributed by atoms with E-state index in [4.69, 9.17) is 19.7 Å². The summed E-state index contributed by atoms with van der Waals surface area (Å²) in [5.41, 5.74) is 5.24. The molecule has 3 aromatic rings. The lowest BCUT2D eigenvalue weighted by atomic mass is 9.66. The number of aromatic nitrogens is 5. The van der Waals surface area contributed by atoms with Crippen LogP contribution in [0.5, 0.6) is 0 Å². The van der Waals surface area contributed by atoms with Gasteiger partial charge in [-0.1, -0.05) is 0 Å². The van der Waals surface area contributed by atoms with Crippen molar-refractivity contribution in [3.8, 4) is 0 Å². The maximum absolute atomic E-state index is 13.7. The molecule has 1 unspecified atom stereocenters. The van der Waals surface area contributed by atoms with E-state index in [0.717, 1.165) is 46.7 Å². The summed E-state index contributed by atoms with van der Waals surface area (Å²) in [6.45, 7) is 4.44. The normalized spacial score (nSPS) is 32.1. The van der Waals surface area contributed by atoms with Crippen LogP contribution in [-0.2, 0) is 10.2 Å². The molecule has 0 spiro atoms. The first-order valence-electron chi connectivity index (χ1n) is 13.1. The van der Waals surface area contributed by atoms with Crippen molar-refractivity contribution in [2.75, 3.05) is 6.61 Å². The van der Waals surface area contributed by atoms with Gasteiger partial charge in [-0.25, -0.2) is 9.97 Å². The van der Waals surface area contributed by atoms with Crippen LogP contribution in [-0.4, -0.2) is 37.5 Å². The number of nitrogens with zero attached hydrogens (tertiary/aromatic N) is 5. The van der Waals surface area contributed by atoms with Crippen molar-refractivity contribution < 1.29 is 17.9 Å². The number of aryl methyl sites for hydroxylation is 2. The molecular formula is C27H30F3N5O. The third kappa shape index (κ3) is 3.56. The number of rotatable bonds is 4. The van der Waals surface area contributed by atoms with Crippen LogP contribution >= 0.6 is 0 Å². The molecule has 190 valence electrons. The molecule has 0 N–H and O–H groups in total. The van der Waals surface area contributed by atoms with Gasteiger partial charge in [-0.2, -0.15) is 18.3 Å². The first-order chi connectivity index (χ1) is 17.2. The molecule has 4 saturated carbocycles. The predicted molar refractivity (Wildman–Crippen MR) is 127 cm³/mol. The van der Waals surface area contributed by atoms with Gasteiger partial charge in [0.1, 0.15) is 5.52 Å². The maximum Gasteiger partial charge on any atom is 0.392 e. The number of halogens is 3. The molecule has 36 heavy (non-hydrogen) atoms. The van der Waals surface area contributed by atoms with Gasteiger partial charge in [-0.05, 0) is 70.8 Å². The van der Waals surface area contributed by atoms with Gasteiger partial charge in [0.25, 0.3) is 0 Å². The van der Waals surface area contributed by atoms with E-state index >= 15 is 0 Å². The van der Waals surface area contributed by atoms with Gasteiger partial charge in [0.05, 0.1) is 46.9 Å². The van der Waals surface area contributed by atoms with Crippen molar-refractivity contribution in [1.82, 2.24) is 24.7 Å². The number of alkyl halides is 3. The van der Waals surface area contributed by atoms with Gasteiger partial charge in [-0.15, -0.1) is 0 Å². The SMILES string of the molecule is Cc1nc2cc([C@H]3CCO[C@@H](c4cnn(C5CC5)c4)C3)nc(C34CC(C3)C(C(F)(F)F)C4)c2nc1C. The zero-order valence-corrected chi connectivity index (χ0v) is 20.6. The summed E-state index contributed by atoms with van der Waals surface area (Å²) in [5.74, 6) is -1.40. The van der Waals surface area contributed by atoms with E-state index in [-0.39, 0.29) is 24.4 Å². The second-order valence-electron chi connectivity index (χ2n) is 11.5. The average molecular weight is 498 g/mol. The monoisotopic (exact) mass is 497 g/mol. The summed E-state index contributed by atoms with van der Waals surface area (Å²) in [6.07, 6.45) is 4.92. The second kappa shape index (κ2) is 7.73. The molecule has 0 amide bonds. The van der Waals surface area contributed by atoms with Gasteiger partial charge in [-0.3, -0.25) is 9.67 Å². The second-order valence-corrected chi connectivity index (χ2v) is 11.5. The Bertz CT molecular complexity index is 1340.